The van der Waals surface area contributed by atoms with Crippen molar-refractivity contribution in [1.29, 1.82) is 0 Å². The van der Waals surface area contributed by atoms with Crippen LogP contribution in [0.25, 0.3) is 0 Å². The largest absolute Gasteiger partial charge is 0.317 e. The zero-order valence-corrected chi connectivity index (χ0v) is 11.9. The lowest BCUT2D eigenvalue weighted by molar-refractivity contribution is 0.574. The molecule has 1 N–H and O–H groups in total. The Morgan fingerprint density at radius 2 is 2.12 bits per heavy atom. The molecule has 1 nitrogen and oxygen atoms in total. The van der Waals surface area contributed by atoms with E-state index in [0.29, 0.717) is 5.92 Å². The lowest BCUT2D eigenvalue weighted by Crippen LogP contribution is -2.21. The quantitative estimate of drug-likeness (QED) is 0.777. The third-order valence-corrected chi connectivity index (χ3v) is 4.22. The van der Waals surface area contributed by atoms with Crippen molar-refractivity contribution in [3.8, 4) is 0 Å². The van der Waals surface area contributed by atoms with Gasteiger partial charge in [0.2, 0.25) is 0 Å². The fourth-order valence-corrected chi connectivity index (χ4v) is 2.79. The molecule has 0 saturated heterocycles. The van der Waals surface area contributed by atoms with Crippen LogP contribution in [0, 0.1) is 5.92 Å². The molecule has 0 saturated carbocycles. The summed E-state index contributed by atoms with van der Waals surface area (Å²) in [6, 6.07) is 5.59. The second kappa shape index (κ2) is 7.44. The molecule has 1 aromatic rings. The summed E-state index contributed by atoms with van der Waals surface area (Å²) in [4.78, 5) is 1.07. The van der Waals surface area contributed by atoms with Crippen LogP contribution in [0.1, 0.15) is 13.8 Å². The van der Waals surface area contributed by atoms with E-state index in [1.807, 2.05) is 18.2 Å². The minimum atomic E-state index is 0.625. The van der Waals surface area contributed by atoms with Crippen LogP contribution in [-0.2, 0) is 0 Å². The average Bonchev–Trinajstić information content (AvgIpc) is 2.27. The third kappa shape index (κ3) is 4.96. The third-order valence-electron chi connectivity index (χ3n) is 2.16. The van der Waals surface area contributed by atoms with E-state index < -0.39 is 0 Å². The number of halogens is 2. The highest BCUT2D eigenvalue weighted by atomic mass is 35.5. The molecular formula is C12H17Cl2NS. The molecule has 0 heterocycles. The van der Waals surface area contributed by atoms with Gasteiger partial charge in [-0.1, -0.05) is 37.0 Å². The normalized spacial score (nSPS) is 12.8. The fraction of sp³-hybridized carbons (Fsp3) is 0.500. The number of hydrogen-bond donors (Lipinski definition) is 1. The Bertz CT molecular complexity index is 331. The predicted molar refractivity (Wildman–Crippen MR) is 74.9 cm³/mol. The van der Waals surface area contributed by atoms with Crippen molar-refractivity contribution < 1.29 is 0 Å². The maximum atomic E-state index is 6.09. The van der Waals surface area contributed by atoms with Crippen molar-refractivity contribution in [2.75, 3.05) is 18.8 Å². The van der Waals surface area contributed by atoms with Crippen molar-refractivity contribution in [3.05, 3.63) is 28.2 Å². The zero-order chi connectivity index (χ0) is 12.0. The molecule has 1 unspecified atom stereocenters. The highest BCUT2D eigenvalue weighted by molar-refractivity contribution is 7.99. The number of hydrogen-bond acceptors (Lipinski definition) is 2. The summed E-state index contributed by atoms with van der Waals surface area (Å²) in [6.45, 7) is 6.41. The van der Waals surface area contributed by atoms with Gasteiger partial charge in [0.25, 0.3) is 0 Å². The van der Waals surface area contributed by atoms with Gasteiger partial charge in [-0.25, -0.2) is 0 Å². The van der Waals surface area contributed by atoms with Crippen LogP contribution in [0.3, 0.4) is 0 Å². The van der Waals surface area contributed by atoms with Gasteiger partial charge in [-0.15, -0.1) is 11.8 Å². The molecule has 1 rings (SSSR count). The molecule has 0 aliphatic rings. The maximum absolute atomic E-state index is 6.09. The molecule has 1 aromatic carbocycles. The molecule has 0 spiro atoms. The van der Waals surface area contributed by atoms with Crippen LogP contribution in [-0.4, -0.2) is 18.8 Å². The molecule has 0 fully saturated rings. The molecule has 0 aromatic heterocycles. The van der Waals surface area contributed by atoms with Gasteiger partial charge in [-0.05, 0) is 37.2 Å². The molecule has 4 heteroatoms. The van der Waals surface area contributed by atoms with Gasteiger partial charge in [-0.3, -0.25) is 0 Å². The molecule has 0 radical (unpaired) electrons. The minimum absolute atomic E-state index is 0.625. The van der Waals surface area contributed by atoms with Gasteiger partial charge < -0.3 is 5.32 Å². The molecule has 1 atom stereocenters. The summed E-state index contributed by atoms with van der Waals surface area (Å²) in [5.74, 6) is 1.67. The molecule has 0 bridgehead atoms. The van der Waals surface area contributed by atoms with Crippen LogP contribution >= 0.6 is 35.0 Å². The van der Waals surface area contributed by atoms with Crippen LogP contribution in [0.15, 0.2) is 23.1 Å². The first-order valence-corrected chi connectivity index (χ1v) is 7.16. The molecular weight excluding hydrogens is 261 g/mol. The summed E-state index contributed by atoms with van der Waals surface area (Å²) in [5, 5.41) is 4.86. The van der Waals surface area contributed by atoms with E-state index in [2.05, 4.69) is 19.2 Å². The summed E-state index contributed by atoms with van der Waals surface area (Å²) < 4.78 is 0. The number of thioether (sulfide) groups is 1. The van der Waals surface area contributed by atoms with Crippen molar-refractivity contribution in [2.24, 2.45) is 5.92 Å². The highest BCUT2D eigenvalue weighted by Crippen LogP contribution is 2.30. The Labute approximate surface area is 112 Å². The molecule has 0 aliphatic carbocycles. The second-order valence-electron chi connectivity index (χ2n) is 3.80. The minimum Gasteiger partial charge on any atom is -0.317 e. The predicted octanol–water partition coefficient (Wildman–Crippen LogP) is 4.33. The summed E-state index contributed by atoms with van der Waals surface area (Å²) in [6.07, 6.45) is 0. The molecule has 0 amide bonds. The summed E-state index contributed by atoms with van der Waals surface area (Å²) in [5.41, 5.74) is 0. The van der Waals surface area contributed by atoms with Crippen molar-refractivity contribution in [2.45, 2.75) is 18.7 Å². The molecule has 16 heavy (non-hydrogen) atoms. The average molecular weight is 278 g/mol. The smallest absolute Gasteiger partial charge is 0.0542 e. The van der Waals surface area contributed by atoms with E-state index in [1.165, 1.54) is 0 Å². The summed E-state index contributed by atoms with van der Waals surface area (Å²) in [7, 11) is 0. The standard InChI is InChI=1S/C12H17Cl2NS/c1-3-15-7-9(2)8-16-12-6-10(13)4-5-11(12)14/h4-6,9,15H,3,7-8H2,1-2H3. The van der Waals surface area contributed by atoms with Gasteiger partial charge in [0.05, 0.1) is 5.02 Å². The van der Waals surface area contributed by atoms with E-state index in [1.54, 1.807) is 11.8 Å². The maximum Gasteiger partial charge on any atom is 0.0542 e. The first kappa shape index (κ1) is 14.2. The van der Waals surface area contributed by atoms with Crippen molar-refractivity contribution in [3.63, 3.8) is 0 Å². The van der Waals surface area contributed by atoms with Crippen molar-refractivity contribution >= 4 is 35.0 Å². The Morgan fingerprint density at radius 3 is 2.81 bits per heavy atom. The van der Waals surface area contributed by atoms with Crippen LogP contribution in [0.4, 0.5) is 0 Å². The molecule has 0 aliphatic heterocycles. The Balaban J connectivity index is 2.44. The first-order valence-electron chi connectivity index (χ1n) is 5.42. The Morgan fingerprint density at radius 1 is 1.38 bits per heavy atom. The Hall–Kier alpha value is 0.110. The van der Waals surface area contributed by atoms with E-state index >= 15 is 0 Å². The van der Waals surface area contributed by atoms with Crippen molar-refractivity contribution in [1.82, 2.24) is 5.32 Å². The number of nitrogens with one attached hydrogen (secondary N) is 1. The van der Waals surface area contributed by atoms with Crippen LogP contribution < -0.4 is 5.32 Å². The van der Waals surface area contributed by atoms with Gasteiger partial charge in [-0.2, -0.15) is 0 Å². The SMILES string of the molecule is CCNCC(C)CSc1cc(Cl)ccc1Cl. The van der Waals surface area contributed by atoms with Gasteiger partial charge in [0, 0.05) is 15.7 Å². The Kier molecular flexibility index (Phi) is 6.59. The van der Waals surface area contributed by atoms with E-state index in [-0.39, 0.29) is 0 Å². The highest BCUT2D eigenvalue weighted by Gasteiger charge is 2.06. The van der Waals surface area contributed by atoms with E-state index in [4.69, 9.17) is 23.2 Å². The second-order valence-corrected chi connectivity index (χ2v) is 5.70. The monoisotopic (exact) mass is 277 g/mol. The summed E-state index contributed by atoms with van der Waals surface area (Å²) >= 11 is 13.8. The first-order chi connectivity index (χ1) is 7.63. The van der Waals surface area contributed by atoms with Gasteiger partial charge in [0.15, 0.2) is 0 Å². The van der Waals surface area contributed by atoms with Gasteiger partial charge in [0.1, 0.15) is 0 Å². The van der Waals surface area contributed by atoms with Gasteiger partial charge >= 0.3 is 0 Å². The van der Waals surface area contributed by atoms with E-state index in [0.717, 1.165) is 33.8 Å². The lowest BCUT2D eigenvalue weighted by atomic mass is 10.2. The van der Waals surface area contributed by atoms with E-state index in [9.17, 15) is 0 Å². The fourth-order valence-electron chi connectivity index (χ4n) is 1.27. The number of benzene rings is 1. The topological polar surface area (TPSA) is 12.0 Å². The molecule has 90 valence electrons. The zero-order valence-electron chi connectivity index (χ0n) is 9.59. The number of rotatable bonds is 6. The lowest BCUT2D eigenvalue weighted by Gasteiger charge is -2.12. The van der Waals surface area contributed by atoms with Crippen LogP contribution in [0.5, 0.6) is 0 Å². The van der Waals surface area contributed by atoms with Crippen LogP contribution in [0.2, 0.25) is 10.0 Å².